The first kappa shape index (κ1) is 17.6. The zero-order valence-electron chi connectivity index (χ0n) is 14.6. The van der Waals surface area contributed by atoms with Crippen LogP contribution in [0, 0.1) is 0 Å². The smallest absolute Gasteiger partial charge is 0.410 e. The molecule has 0 spiro atoms. The average Bonchev–Trinajstić information content (AvgIpc) is 2.83. The average molecular weight is 320 g/mol. The summed E-state index contributed by atoms with van der Waals surface area (Å²) >= 11 is 0. The molecule has 1 amide bonds. The van der Waals surface area contributed by atoms with E-state index in [0.717, 1.165) is 25.8 Å². The minimum absolute atomic E-state index is 0.279. The van der Waals surface area contributed by atoms with Gasteiger partial charge < -0.3 is 20.1 Å². The van der Waals surface area contributed by atoms with E-state index in [-0.39, 0.29) is 6.09 Å². The summed E-state index contributed by atoms with van der Waals surface area (Å²) in [7, 11) is 1.77. The Hall–Kier alpha value is -1.75. The summed E-state index contributed by atoms with van der Waals surface area (Å²) in [5, 5.41) is 13.1. The molecular formula is C18H28N2O3. The van der Waals surface area contributed by atoms with E-state index in [1.165, 1.54) is 11.1 Å². The van der Waals surface area contributed by atoms with Crippen LogP contribution in [0.1, 0.15) is 50.8 Å². The van der Waals surface area contributed by atoms with Crippen molar-refractivity contribution in [3.63, 3.8) is 0 Å². The fraction of sp³-hybridized carbons (Fsp3) is 0.611. The summed E-state index contributed by atoms with van der Waals surface area (Å²) in [6, 6.07) is 5.95. The number of hydrogen-bond donors (Lipinski definition) is 2. The van der Waals surface area contributed by atoms with Gasteiger partial charge in [0.25, 0.3) is 0 Å². The molecule has 5 heteroatoms. The van der Waals surface area contributed by atoms with Gasteiger partial charge in [-0.25, -0.2) is 4.79 Å². The standard InChI is InChI=1S/C18H28N2O3/c1-18(2,3)23-17(22)20(4)11-5-10-19-16-9-6-13-12-14(21)7-8-15(13)16/h7-8,12,16,19,21H,5-6,9-11H2,1-4H3. The van der Waals surface area contributed by atoms with Crippen LogP contribution in [0.2, 0.25) is 0 Å². The highest BCUT2D eigenvalue weighted by atomic mass is 16.6. The van der Waals surface area contributed by atoms with E-state index in [1.807, 2.05) is 32.9 Å². The van der Waals surface area contributed by atoms with Gasteiger partial charge in [-0.3, -0.25) is 0 Å². The summed E-state index contributed by atoms with van der Waals surface area (Å²) in [6.07, 6.45) is 2.65. The number of phenols is 1. The second-order valence-electron chi connectivity index (χ2n) is 7.18. The number of nitrogens with one attached hydrogen (secondary N) is 1. The van der Waals surface area contributed by atoms with Crippen LogP contribution >= 0.6 is 0 Å². The van der Waals surface area contributed by atoms with Crippen LogP contribution in [0.3, 0.4) is 0 Å². The number of aromatic hydroxyl groups is 1. The Balaban J connectivity index is 1.72. The summed E-state index contributed by atoms with van der Waals surface area (Å²) in [4.78, 5) is 13.5. The van der Waals surface area contributed by atoms with Crippen LogP contribution in [0.4, 0.5) is 4.79 Å². The number of aryl methyl sites for hydroxylation is 1. The number of benzene rings is 1. The number of fused-ring (bicyclic) bond motifs is 1. The number of carbonyl (C=O) groups is 1. The molecule has 0 aromatic heterocycles. The molecule has 0 bridgehead atoms. The molecule has 5 nitrogen and oxygen atoms in total. The highest BCUT2D eigenvalue weighted by Crippen LogP contribution is 2.33. The number of amides is 1. The SMILES string of the molecule is CN(CCCNC1CCc2cc(O)ccc21)C(=O)OC(C)(C)C. The van der Waals surface area contributed by atoms with E-state index < -0.39 is 5.60 Å². The largest absolute Gasteiger partial charge is 0.508 e. The number of nitrogens with zero attached hydrogens (tertiary/aromatic N) is 1. The van der Waals surface area contributed by atoms with E-state index in [2.05, 4.69) is 5.32 Å². The molecule has 0 saturated heterocycles. The molecule has 0 fully saturated rings. The first-order valence-corrected chi connectivity index (χ1v) is 8.25. The van der Waals surface area contributed by atoms with Gasteiger partial charge in [-0.1, -0.05) is 6.07 Å². The van der Waals surface area contributed by atoms with Gasteiger partial charge in [0.05, 0.1) is 0 Å². The minimum atomic E-state index is -0.456. The zero-order chi connectivity index (χ0) is 17.0. The van der Waals surface area contributed by atoms with Gasteiger partial charge in [0.2, 0.25) is 0 Å². The number of hydrogen-bond acceptors (Lipinski definition) is 4. The van der Waals surface area contributed by atoms with Crippen molar-refractivity contribution in [2.75, 3.05) is 20.1 Å². The van der Waals surface area contributed by atoms with Crippen LogP contribution in [0.25, 0.3) is 0 Å². The van der Waals surface area contributed by atoms with Crippen molar-refractivity contribution in [2.45, 2.75) is 51.7 Å². The zero-order valence-corrected chi connectivity index (χ0v) is 14.6. The molecule has 0 aliphatic heterocycles. The summed E-state index contributed by atoms with van der Waals surface area (Å²) < 4.78 is 5.33. The Morgan fingerprint density at radius 3 is 2.87 bits per heavy atom. The van der Waals surface area contributed by atoms with Crippen LogP contribution in [0.15, 0.2) is 18.2 Å². The predicted molar refractivity (Wildman–Crippen MR) is 90.7 cm³/mol. The topological polar surface area (TPSA) is 61.8 Å². The lowest BCUT2D eigenvalue weighted by Gasteiger charge is -2.24. The summed E-state index contributed by atoms with van der Waals surface area (Å²) in [6.45, 7) is 7.12. The Kier molecular flexibility index (Phi) is 5.52. The van der Waals surface area contributed by atoms with Crippen molar-refractivity contribution in [2.24, 2.45) is 0 Å². The molecule has 1 atom stereocenters. The van der Waals surface area contributed by atoms with Crippen molar-refractivity contribution < 1.29 is 14.6 Å². The molecule has 1 aliphatic rings. The van der Waals surface area contributed by atoms with Crippen LogP contribution in [-0.4, -0.2) is 41.8 Å². The molecule has 0 heterocycles. The van der Waals surface area contributed by atoms with Crippen molar-refractivity contribution >= 4 is 6.09 Å². The van der Waals surface area contributed by atoms with Crippen molar-refractivity contribution in [1.29, 1.82) is 0 Å². The third kappa shape index (κ3) is 5.13. The number of ether oxygens (including phenoxy) is 1. The molecule has 2 N–H and O–H groups in total. The van der Waals surface area contributed by atoms with Gasteiger partial charge >= 0.3 is 6.09 Å². The van der Waals surface area contributed by atoms with Crippen LogP contribution in [0.5, 0.6) is 5.75 Å². The van der Waals surface area contributed by atoms with Crippen LogP contribution < -0.4 is 5.32 Å². The third-order valence-electron chi connectivity index (χ3n) is 3.97. The first-order valence-electron chi connectivity index (χ1n) is 8.25. The highest BCUT2D eigenvalue weighted by molar-refractivity contribution is 5.67. The van der Waals surface area contributed by atoms with Gasteiger partial charge in [-0.2, -0.15) is 0 Å². The molecule has 1 aliphatic carbocycles. The monoisotopic (exact) mass is 320 g/mol. The second-order valence-corrected chi connectivity index (χ2v) is 7.18. The Labute approximate surface area is 138 Å². The molecule has 0 saturated carbocycles. The minimum Gasteiger partial charge on any atom is -0.508 e. The van der Waals surface area contributed by atoms with E-state index in [0.29, 0.717) is 18.3 Å². The Morgan fingerprint density at radius 2 is 2.17 bits per heavy atom. The van der Waals surface area contributed by atoms with Gasteiger partial charge in [-0.15, -0.1) is 0 Å². The van der Waals surface area contributed by atoms with E-state index >= 15 is 0 Å². The maximum absolute atomic E-state index is 11.9. The van der Waals surface area contributed by atoms with Gasteiger partial charge in [0.15, 0.2) is 0 Å². The Bertz CT molecular complexity index is 552. The first-order chi connectivity index (χ1) is 10.8. The molecular weight excluding hydrogens is 292 g/mol. The lowest BCUT2D eigenvalue weighted by Crippen LogP contribution is -2.35. The second kappa shape index (κ2) is 7.21. The van der Waals surface area contributed by atoms with E-state index in [1.54, 1.807) is 18.0 Å². The molecule has 0 radical (unpaired) electrons. The maximum atomic E-state index is 11.9. The molecule has 1 unspecified atom stereocenters. The van der Waals surface area contributed by atoms with Gasteiger partial charge in [-0.05, 0) is 69.8 Å². The van der Waals surface area contributed by atoms with Crippen molar-refractivity contribution in [1.82, 2.24) is 10.2 Å². The molecule has 2 rings (SSSR count). The third-order valence-corrected chi connectivity index (χ3v) is 3.97. The molecule has 128 valence electrons. The van der Waals surface area contributed by atoms with Crippen LogP contribution in [-0.2, 0) is 11.2 Å². The number of carbonyl (C=O) groups excluding carboxylic acids is 1. The number of phenolic OH excluding ortho intramolecular Hbond substituents is 1. The van der Waals surface area contributed by atoms with Crippen molar-refractivity contribution in [3.05, 3.63) is 29.3 Å². The molecule has 1 aromatic rings. The fourth-order valence-corrected chi connectivity index (χ4v) is 2.84. The van der Waals surface area contributed by atoms with Crippen molar-refractivity contribution in [3.8, 4) is 5.75 Å². The van der Waals surface area contributed by atoms with E-state index in [4.69, 9.17) is 4.74 Å². The Morgan fingerprint density at radius 1 is 1.43 bits per heavy atom. The summed E-state index contributed by atoms with van der Waals surface area (Å²) in [5.74, 6) is 0.336. The summed E-state index contributed by atoms with van der Waals surface area (Å²) in [5.41, 5.74) is 2.06. The lowest BCUT2D eigenvalue weighted by atomic mass is 10.1. The quantitative estimate of drug-likeness (QED) is 0.818. The van der Waals surface area contributed by atoms with E-state index in [9.17, 15) is 9.90 Å². The fourth-order valence-electron chi connectivity index (χ4n) is 2.84. The molecule has 1 aromatic carbocycles. The maximum Gasteiger partial charge on any atom is 0.410 e. The molecule has 23 heavy (non-hydrogen) atoms. The lowest BCUT2D eigenvalue weighted by molar-refractivity contribution is 0.0297. The van der Waals surface area contributed by atoms with Gasteiger partial charge in [0, 0.05) is 19.6 Å². The van der Waals surface area contributed by atoms with Gasteiger partial charge in [0.1, 0.15) is 11.4 Å². The normalized spacial score (nSPS) is 17.0. The highest BCUT2D eigenvalue weighted by Gasteiger charge is 2.22. The number of rotatable bonds is 5. The predicted octanol–water partition coefficient (Wildman–Crippen LogP) is 3.23.